The molecule has 1 atom stereocenters. The summed E-state index contributed by atoms with van der Waals surface area (Å²) in [4.78, 5) is 31.0. The van der Waals surface area contributed by atoms with Crippen molar-refractivity contribution in [2.24, 2.45) is 0 Å². The molecule has 2 rings (SSSR count). The smallest absolute Gasteiger partial charge is 0.246 e. The number of anilines is 1. The van der Waals surface area contributed by atoms with Crippen LogP contribution < -0.4 is 4.90 Å². The van der Waals surface area contributed by atoms with Crippen LogP contribution >= 0.6 is 0 Å². The zero-order chi connectivity index (χ0) is 14.0. The molecular formula is C14H17N3O2. The van der Waals surface area contributed by atoms with E-state index in [0.717, 1.165) is 11.4 Å². The molecule has 0 fully saturated rings. The summed E-state index contributed by atoms with van der Waals surface area (Å²) in [5.74, 6) is -0.135. The van der Waals surface area contributed by atoms with E-state index in [9.17, 15) is 9.59 Å². The summed E-state index contributed by atoms with van der Waals surface area (Å²) in [6, 6.07) is 3.70. The Balaban J connectivity index is 2.14. The number of nitrogens with zero attached hydrogens (tertiary/aromatic N) is 3. The van der Waals surface area contributed by atoms with Crippen LogP contribution in [0.5, 0.6) is 0 Å². The summed E-state index contributed by atoms with van der Waals surface area (Å²) in [5.41, 5.74) is 1.79. The van der Waals surface area contributed by atoms with Crippen LogP contribution in [0.1, 0.15) is 18.5 Å². The van der Waals surface area contributed by atoms with E-state index in [1.807, 2.05) is 19.1 Å². The van der Waals surface area contributed by atoms with Gasteiger partial charge in [-0.3, -0.25) is 14.6 Å². The first-order chi connectivity index (χ1) is 9.04. The lowest BCUT2D eigenvalue weighted by molar-refractivity contribution is -0.130. The lowest BCUT2D eigenvalue weighted by Gasteiger charge is -2.21. The molecule has 0 saturated carbocycles. The number of carbonyl (C=O) groups is 2. The largest absolute Gasteiger partial charge is 0.333 e. The van der Waals surface area contributed by atoms with Crippen LogP contribution in [0.25, 0.3) is 0 Å². The standard InChI is InChI=1S/C14H17N3O2/c1-4-12(18)16(3)9-13(19)17-8-10(2)14-11(17)6-5-7-15-14/h4-7,10H,1,8-9H2,2-3H3. The minimum atomic E-state index is -0.257. The Kier molecular flexibility index (Phi) is 3.64. The summed E-state index contributed by atoms with van der Waals surface area (Å²) in [6.45, 7) is 6.11. The molecule has 1 unspecified atom stereocenters. The summed E-state index contributed by atoms with van der Waals surface area (Å²) in [5, 5.41) is 0. The van der Waals surface area contributed by atoms with Gasteiger partial charge < -0.3 is 9.80 Å². The highest BCUT2D eigenvalue weighted by Crippen LogP contribution is 2.33. The Labute approximate surface area is 112 Å². The van der Waals surface area contributed by atoms with E-state index < -0.39 is 0 Å². The predicted octanol–water partition coefficient (Wildman–Crippen LogP) is 1.18. The molecule has 0 radical (unpaired) electrons. The van der Waals surface area contributed by atoms with Gasteiger partial charge in [0.25, 0.3) is 0 Å². The van der Waals surface area contributed by atoms with Crippen LogP contribution in [-0.4, -0.2) is 41.8 Å². The van der Waals surface area contributed by atoms with Crippen LogP contribution in [0, 0.1) is 0 Å². The van der Waals surface area contributed by atoms with Crippen molar-refractivity contribution in [1.82, 2.24) is 9.88 Å². The summed E-state index contributed by atoms with van der Waals surface area (Å²) < 4.78 is 0. The molecule has 1 aromatic heterocycles. The zero-order valence-electron chi connectivity index (χ0n) is 11.2. The fourth-order valence-electron chi connectivity index (χ4n) is 2.23. The number of hydrogen-bond acceptors (Lipinski definition) is 3. The highest BCUT2D eigenvalue weighted by molar-refractivity contribution is 5.99. The maximum atomic E-state index is 12.3. The molecule has 0 spiro atoms. The molecule has 5 heteroatoms. The first kappa shape index (κ1) is 13.3. The number of rotatable bonds is 3. The Morgan fingerprint density at radius 3 is 3.05 bits per heavy atom. The second-order valence-corrected chi connectivity index (χ2v) is 4.71. The summed E-state index contributed by atoms with van der Waals surface area (Å²) in [7, 11) is 1.59. The Hall–Kier alpha value is -2.17. The highest BCUT2D eigenvalue weighted by Gasteiger charge is 2.31. The van der Waals surface area contributed by atoms with Crippen LogP contribution in [0.2, 0.25) is 0 Å². The number of amides is 2. The molecule has 0 aromatic carbocycles. The lowest BCUT2D eigenvalue weighted by Crippen LogP contribution is -2.40. The summed E-state index contributed by atoms with van der Waals surface area (Å²) >= 11 is 0. The lowest BCUT2D eigenvalue weighted by atomic mass is 10.1. The summed E-state index contributed by atoms with van der Waals surface area (Å²) in [6.07, 6.45) is 2.94. The first-order valence-corrected chi connectivity index (χ1v) is 6.17. The number of likely N-dealkylation sites (N-methyl/N-ethyl adjacent to an activating group) is 1. The molecule has 5 nitrogen and oxygen atoms in total. The molecule has 1 aliphatic rings. The Bertz CT molecular complexity index is 527. The SMILES string of the molecule is C=CC(=O)N(C)CC(=O)N1CC(C)c2ncccc21. The third kappa shape index (κ3) is 2.50. The molecule has 1 aromatic rings. The van der Waals surface area contributed by atoms with E-state index in [2.05, 4.69) is 11.6 Å². The van der Waals surface area contributed by atoms with Crippen LogP contribution in [0.4, 0.5) is 5.69 Å². The van der Waals surface area contributed by atoms with Gasteiger partial charge >= 0.3 is 0 Å². The normalized spacial score (nSPS) is 16.9. The van der Waals surface area contributed by atoms with Crippen molar-refractivity contribution in [3.63, 3.8) is 0 Å². The Morgan fingerprint density at radius 2 is 2.37 bits per heavy atom. The molecule has 2 amide bonds. The van der Waals surface area contributed by atoms with Crippen LogP contribution in [0.15, 0.2) is 31.0 Å². The van der Waals surface area contributed by atoms with Gasteiger partial charge in [-0.2, -0.15) is 0 Å². The third-order valence-corrected chi connectivity index (χ3v) is 3.25. The minimum Gasteiger partial charge on any atom is -0.333 e. The zero-order valence-corrected chi connectivity index (χ0v) is 11.2. The van der Waals surface area contributed by atoms with Crippen molar-refractivity contribution in [1.29, 1.82) is 0 Å². The highest BCUT2D eigenvalue weighted by atomic mass is 16.2. The fourth-order valence-corrected chi connectivity index (χ4v) is 2.23. The molecule has 0 N–H and O–H groups in total. The number of pyridine rings is 1. The van der Waals surface area contributed by atoms with Crippen LogP contribution in [-0.2, 0) is 9.59 Å². The van der Waals surface area contributed by atoms with Gasteiger partial charge in [0, 0.05) is 25.7 Å². The predicted molar refractivity (Wildman–Crippen MR) is 72.8 cm³/mol. The first-order valence-electron chi connectivity index (χ1n) is 6.17. The van der Waals surface area contributed by atoms with Crippen molar-refractivity contribution in [3.05, 3.63) is 36.7 Å². The van der Waals surface area contributed by atoms with Crippen molar-refractivity contribution < 1.29 is 9.59 Å². The van der Waals surface area contributed by atoms with Gasteiger partial charge in [-0.15, -0.1) is 0 Å². The van der Waals surface area contributed by atoms with Crippen molar-refractivity contribution >= 4 is 17.5 Å². The van der Waals surface area contributed by atoms with Gasteiger partial charge in [-0.05, 0) is 18.2 Å². The van der Waals surface area contributed by atoms with Crippen molar-refractivity contribution in [2.45, 2.75) is 12.8 Å². The van der Waals surface area contributed by atoms with Crippen molar-refractivity contribution in [2.75, 3.05) is 25.0 Å². The van der Waals surface area contributed by atoms with Gasteiger partial charge in [0.2, 0.25) is 11.8 Å². The van der Waals surface area contributed by atoms with Crippen molar-refractivity contribution in [3.8, 4) is 0 Å². The molecule has 0 saturated heterocycles. The van der Waals surface area contributed by atoms with E-state index in [-0.39, 0.29) is 24.3 Å². The molecule has 0 aliphatic carbocycles. The van der Waals surface area contributed by atoms with E-state index >= 15 is 0 Å². The second kappa shape index (κ2) is 5.22. The van der Waals surface area contributed by atoms with Gasteiger partial charge in [0.05, 0.1) is 11.4 Å². The average molecular weight is 259 g/mol. The monoisotopic (exact) mass is 259 g/mol. The number of carbonyl (C=O) groups excluding carboxylic acids is 2. The molecular weight excluding hydrogens is 242 g/mol. The maximum absolute atomic E-state index is 12.3. The molecule has 100 valence electrons. The molecule has 19 heavy (non-hydrogen) atoms. The van der Waals surface area contributed by atoms with Gasteiger partial charge in [0.1, 0.15) is 6.54 Å². The Morgan fingerprint density at radius 1 is 1.63 bits per heavy atom. The van der Waals surface area contributed by atoms with E-state index in [1.165, 1.54) is 11.0 Å². The van der Waals surface area contributed by atoms with E-state index in [4.69, 9.17) is 0 Å². The average Bonchev–Trinajstić information content (AvgIpc) is 2.76. The quantitative estimate of drug-likeness (QED) is 0.766. The van der Waals surface area contributed by atoms with Gasteiger partial charge in [0.15, 0.2) is 0 Å². The number of fused-ring (bicyclic) bond motifs is 1. The molecule has 1 aliphatic heterocycles. The van der Waals surface area contributed by atoms with E-state index in [0.29, 0.717) is 6.54 Å². The van der Waals surface area contributed by atoms with Gasteiger partial charge in [-0.1, -0.05) is 13.5 Å². The number of hydrogen-bond donors (Lipinski definition) is 0. The van der Waals surface area contributed by atoms with E-state index in [1.54, 1.807) is 18.1 Å². The number of aromatic nitrogens is 1. The topological polar surface area (TPSA) is 53.5 Å². The maximum Gasteiger partial charge on any atom is 0.246 e. The third-order valence-electron chi connectivity index (χ3n) is 3.25. The second-order valence-electron chi connectivity index (χ2n) is 4.71. The minimum absolute atomic E-state index is 0.0475. The van der Waals surface area contributed by atoms with Crippen LogP contribution in [0.3, 0.4) is 0 Å². The fraction of sp³-hybridized carbons (Fsp3) is 0.357. The molecule has 0 bridgehead atoms. The molecule has 2 heterocycles. The van der Waals surface area contributed by atoms with Gasteiger partial charge in [-0.25, -0.2) is 0 Å².